The number of rotatable bonds is 2. The van der Waals surface area contributed by atoms with E-state index in [0.29, 0.717) is 12.2 Å². The van der Waals surface area contributed by atoms with Gasteiger partial charge in [-0.05, 0) is 45.7 Å². The number of imidazole rings is 1. The smallest absolute Gasteiger partial charge is 0.337 e. The van der Waals surface area contributed by atoms with Crippen LogP contribution in [0, 0.1) is 6.92 Å². The van der Waals surface area contributed by atoms with Crippen LogP contribution in [0.1, 0.15) is 48.9 Å². The highest BCUT2D eigenvalue weighted by molar-refractivity contribution is 6.01. The lowest BCUT2D eigenvalue weighted by Gasteiger charge is -2.36. The number of aromatic nitrogens is 2. The third kappa shape index (κ3) is 2.42. The zero-order valence-corrected chi connectivity index (χ0v) is 12.6. The van der Waals surface area contributed by atoms with E-state index in [1.165, 1.54) is 0 Å². The van der Waals surface area contributed by atoms with Crippen molar-refractivity contribution in [3.63, 3.8) is 0 Å². The Labute approximate surface area is 123 Å². The Morgan fingerprint density at radius 3 is 2.90 bits per heavy atom. The Bertz CT molecular complexity index is 703. The molecular formula is C16H20N2O3. The fourth-order valence-corrected chi connectivity index (χ4v) is 3.30. The van der Waals surface area contributed by atoms with Gasteiger partial charge >= 0.3 is 5.97 Å². The van der Waals surface area contributed by atoms with Gasteiger partial charge in [0.15, 0.2) is 0 Å². The van der Waals surface area contributed by atoms with Gasteiger partial charge in [-0.2, -0.15) is 0 Å². The molecule has 0 spiro atoms. The van der Waals surface area contributed by atoms with Crippen LogP contribution in [0.2, 0.25) is 0 Å². The minimum atomic E-state index is -0.909. The van der Waals surface area contributed by atoms with Gasteiger partial charge in [-0.1, -0.05) is 6.07 Å². The van der Waals surface area contributed by atoms with Crippen LogP contribution in [-0.2, 0) is 4.74 Å². The van der Waals surface area contributed by atoms with Crippen molar-refractivity contribution in [1.82, 2.24) is 9.55 Å². The summed E-state index contributed by atoms with van der Waals surface area (Å²) in [4.78, 5) is 16.1. The predicted octanol–water partition coefficient (Wildman–Crippen LogP) is 3.17. The van der Waals surface area contributed by atoms with Gasteiger partial charge in [0, 0.05) is 12.6 Å². The lowest BCUT2D eigenvalue weighted by Crippen LogP contribution is -2.35. The normalized spacial score (nSPS) is 21.6. The summed E-state index contributed by atoms with van der Waals surface area (Å²) in [6, 6.07) is 5.48. The number of hydrogen-bond acceptors (Lipinski definition) is 3. The maximum Gasteiger partial charge on any atom is 0.337 e. The largest absolute Gasteiger partial charge is 0.478 e. The summed E-state index contributed by atoms with van der Waals surface area (Å²) in [5.74, 6) is -0.0468. The molecule has 1 aliphatic rings. The van der Waals surface area contributed by atoms with Crippen molar-refractivity contribution in [2.24, 2.45) is 0 Å². The first kappa shape index (κ1) is 14.1. The van der Waals surface area contributed by atoms with Crippen LogP contribution in [0.15, 0.2) is 18.2 Å². The first-order chi connectivity index (χ1) is 9.89. The zero-order valence-electron chi connectivity index (χ0n) is 12.6. The number of aromatic carboxylic acids is 1. The van der Waals surface area contributed by atoms with E-state index in [-0.39, 0.29) is 11.6 Å². The minimum Gasteiger partial charge on any atom is -0.478 e. The number of fused-ring (bicyclic) bond motifs is 1. The number of ether oxygens (including phenoxy) is 1. The van der Waals surface area contributed by atoms with Crippen molar-refractivity contribution < 1.29 is 14.6 Å². The van der Waals surface area contributed by atoms with Crippen LogP contribution in [0.3, 0.4) is 0 Å². The molecule has 1 fully saturated rings. The summed E-state index contributed by atoms with van der Waals surface area (Å²) >= 11 is 0. The van der Waals surface area contributed by atoms with Gasteiger partial charge in [0.05, 0.1) is 22.2 Å². The Balaban J connectivity index is 2.18. The summed E-state index contributed by atoms with van der Waals surface area (Å²) < 4.78 is 7.86. The second-order valence-electron chi connectivity index (χ2n) is 6.26. The molecule has 1 aromatic heterocycles. The monoisotopic (exact) mass is 288 g/mol. The van der Waals surface area contributed by atoms with Gasteiger partial charge in [-0.15, -0.1) is 0 Å². The molecule has 2 aromatic rings. The Hall–Kier alpha value is -1.88. The topological polar surface area (TPSA) is 64.3 Å². The molecule has 5 nitrogen and oxygen atoms in total. The molecule has 112 valence electrons. The number of carbonyl (C=O) groups is 1. The molecule has 5 heteroatoms. The molecule has 0 aliphatic carbocycles. The molecule has 0 bridgehead atoms. The third-order valence-electron chi connectivity index (χ3n) is 4.15. The number of carboxylic acid groups (broad SMARTS) is 1. The van der Waals surface area contributed by atoms with Crippen molar-refractivity contribution in [3.05, 3.63) is 29.6 Å². The average molecular weight is 288 g/mol. The Morgan fingerprint density at radius 1 is 1.48 bits per heavy atom. The van der Waals surface area contributed by atoms with E-state index in [4.69, 9.17) is 4.74 Å². The Morgan fingerprint density at radius 2 is 2.24 bits per heavy atom. The first-order valence-corrected chi connectivity index (χ1v) is 7.24. The van der Waals surface area contributed by atoms with Crippen LogP contribution in [0.5, 0.6) is 0 Å². The van der Waals surface area contributed by atoms with E-state index in [1.54, 1.807) is 12.1 Å². The molecule has 1 aliphatic heterocycles. The van der Waals surface area contributed by atoms with E-state index in [9.17, 15) is 9.90 Å². The maximum absolute atomic E-state index is 11.5. The molecule has 0 saturated carbocycles. The average Bonchev–Trinajstić information content (AvgIpc) is 2.72. The fourth-order valence-electron chi connectivity index (χ4n) is 3.30. The molecule has 21 heavy (non-hydrogen) atoms. The second-order valence-corrected chi connectivity index (χ2v) is 6.26. The molecule has 1 aromatic carbocycles. The van der Waals surface area contributed by atoms with Crippen molar-refractivity contribution in [3.8, 4) is 0 Å². The fraction of sp³-hybridized carbons (Fsp3) is 0.500. The van der Waals surface area contributed by atoms with Crippen molar-refractivity contribution in [1.29, 1.82) is 0 Å². The number of hydrogen-bond donors (Lipinski definition) is 1. The van der Waals surface area contributed by atoms with Gasteiger partial charge in [0.25, 0.3) is 0 Å². The van der Waals surface area contributed by atoms with E-state index >= 15 is 0 Å². The highest BCUT2D eigenvalue weighted by Crippen LogP contribution is 2.35. The summed E-state index contributed by atoms with van der Waals surface area (Å²) in [5, 5.41) is 9.45. The first-order valence-electron chi connectivity index (χ1n) is 7.24. The molecule has 1 saturated heterocycles. The van der Waals surface area contributed by atoms with Gasteiger partial charge in [-0.3, -0.25) is 0 Å². The SMILES string of the molecule is Cc1nc2cccc(C(=O)O)c2n1C1CCOC(C)(C)C1. The zero-order chi connectivity index (χ0) is 15.2. The molecule has 1 atom stereocenters. The molecule has 2 heterocycles. The quantitative estimate of drug-likeness (QED) is 0.921. The number of aryl methyl sites for hydroxylation is 1. The highest BCUT2D eigenvalue weighted by Gasteiger charge is 2.32. The summed E-state index contributed by atoms with van der Waals surface area (Å²) in [7, 11) is 0. The summed E-state index contributed by atoms with van der Waals surface area (Å²) in [6.07, 6.45) is 1.73. The molecule has 0 radical (unpaired) electrons. The van der Waals surface area contributed by atoms with E-state index in [1.807, 2.05) is 13.0 Å². The predicted molar refractivity (Wildman–Crippen MR) is 79.7 cm³/mol. The highest BCUT2D eigenvalue weighted by atomic mass is 16.5. The molecule has 3 rings (SSSR count). The molecule has 1 unspecified atom stereocenters. The van der Waals surface area contributed by atoms with Crippen LogP contribution in [0.25, 0.3) is 11.0 Å². The molecule has 0 amide bonds. The van der Waals surface area contributed by atoms with Crippen LogP contribution in [0.4, 0.5) is 0 Å². The number of carboxylic acids is 1. The number of nitrogens with zero attached hydrogens (tertiary/aromatic N) is 2. The molecule has 1 N–H and O–H groups in total. The van der Waals surface area contributed by atoms with E-state index in [0.717, 1.165) is 29.7 Å². The van der Waals surface area contributed by atoms with Crippen molar-refractivity contribution in [2.45, 2.75) is 45.3 Å². The maximum atomic E-state index is 11.5. The molecular weight excluding hydrogens is 268 g/mol. The number of para-hydroxylation sites is 1. The van der Waals surface area contributed by atoms with Crippen molar-refractivity contribution >= 4 is 17.0 Å². The third-order valence-corrected chi connectivity index (χ3v) is 4.15. The Kier molecular flexibility index (Phi) is 3.24. The summed E-state index contributed by atoms with van der Waals surface area (Å²) in [5.41, 5.74) is 1.60. The van der Waals surface area contributed by atoms with Gasteiger partial charge in [0.1, 0.15) is 5.82 Å². The van der Waals surface area contributed by atoms with Crippen LogP contribution < -0.4 is 0 Å². The van der Waals surface area contributed by atoms with Gasteiger partial charge in [0.2, 0.25) is 0 Å². The van der Waals surface area contributed by atoms with Gasteiger partial charge < -0.3 is 14.4 Å². The standard InChI is InChI=1S/C16H20N2O3/c1-10-17-13-6-4-5-12(15(19)20)14(13)18(10)11-7-8-21-16(2,3)9-11/h4-6,11H,7-9H2,1-3H3,(H,19,20). The lowest BCUT2D eigenvalue weighted by atomic mass is 9.93. The van der Waals surface area contributed by atoms with E-state index < -0.39 is 5.97 Å². The number of benzene rings is 1. The van der Waals surface area contributed by atoms with Gasteiger partial charge in [-0.25, -0.2) is 9.78 Å². The van der Waals surface area contributed by atoms with E-state index in [2.05, 4.69) is 23.4 Å². The summed E-state index contributed by atoms with van der Waals surface area (Å²) in [6.45, 7) is 6.78. The van der Waals surface area contributed by atoms with Crippen molar-refractivity contribution in [2.75, 3.05) is 6.61 Å². The van der Waals surface area contributed by atoms with Crippen LogP contribution in [-0.4, -0.2) is 32.8 Å². The lowest BCUT2D eigenvalue weighted by molar-refractivity contribution is -0.0687. The second kappa shape index (κ2) is 4.84. The van der Waals surface area contributed by atoms with Crippen LogP contribution >= 0.6 is 0 Å². The minimum absolute atomic E-state index is 0.190.